The van der Waals surface area contributed by atoms with Crippen LogP contribution in [0.25, 0.3) is 88.4 Å². The van der Waals surface area contributed by atoms with Crippen LogP contribution in [0, 0.1) is 0 Å². The highest BCUT2D eigenvalue weighted by Crippen LogP contribution is 2.53. The SMILES string of the molecule is CC(C)(C)c1ccc(-c2cc(C(C)(C)C)ccc2N2c3cc(-c4cc(C(C)(C)C)cc(C(C)(C)C)c4)ccc3B3c4ccc(-n5c6ccccc6c6ccc7c(c8ccccc8n7-c7ccccc7)c65)cc4N(c4ccc(C(C)(C)C)cc4-c4ccc(C(C)(C)C)cc4)c4cc(C(C)(C)C)cc2c43)cc1. The molecule has 0 atom stereocenters. The van der Waals surface area contributed by atoms with Gasteiger partial charge in [-0.25, -0.2) is 0 Å². The number of aromatic nitrogens is 2. The minimum Gasteiger partial charge on any atom is -0.311 e. The molecule has 0 saturated carbocycles. The van der Waals surface area contributed by atoms with Crippen molar-refractivity contribution >= 4 is 101 Å². The third-order valence-electron chi connectivity index (χ3n) is 23.0. The molecule has 0 aliphatic carbocycles. The summed E-state index contributed by atoms with van der Waals surface area (Å²) in [6.45, 7) is 49.2. The Morgan fingerprint density at radius 3 is 1.15 bits per heavy atom. The van der Waals surface area contributed by atoms with E-state index in [4.69, 9.17) is 0 Å². The van der Waals surface area contributed by atoms with Crippen molar-refractivity contribution in [2.24, 2.45) is 0 Å². The third kappa shape index (κ3) is 11.8. The van der Waals surface area contributed by atoms with Gasteiger partial charge in [-0.15, -0.1) is 0 Å². The zero-order chi connectivity index (χ0) is 74.1. The first-order chi connectivity index (χ1) is 49.5. The van der Waals surface area contributed by atoms with E-state index in [9.17, 15) is 0 Å². The van der Waals surface area contributed by atoms with Crippen molar-refractivity contribution in [3.63, 3.8) is 0 Å². The zero-order valence-corrected chi connectivity index (χ0v) is 66.0. The van der Waals surface area contributed by atoms with Crippen LogP contribution in [0.15, 0.2) is 243 Å². The molecular weight excluding hydrogens is 1270 g/mol. The van der Waals surface area contributed by atoms with Gasteiger partial charge in [0.25, 0.3) is 6.71 Å². The van der Waals surface area contributed by atoms with Gasteiger partial charge >= 0.3 is 0 Å². The Bertz CT molecular complexity index is 5770. The van der Waals surface area contributed by atoms with Crippen molar-refractivity contribution in [1.82, 2.24) is 9.13 Å². The van der Waals surface area contributed by atoms with Gasteiger partial charge in [-0.1, -0.05) is 303 Å². The molecule has 0 N–H and O–H groups in total. The molecule has 2 aliphatic heterocycles. The van der Waals surface area contributed by atoms with Gasteiger partial charge in [0.05, 0.1) is 33.4 Å². The maximum atomic E-state index is 2.71. The Morgan fingerprint density at radius 2 is 0.657 bits per heavy atom. The summed E-state index contributed by atoms with van der Waals surface area (Å²) in [4.78, 5) is 5.43. The maximum Gasteiger partial charge on any atom is 0.252 e. The normalized spacial score (nSPS) is 13.7. The molecule has 14 aromatic rings. The molecule has 0 amide bonds. The molecule has 16 rings (SSSR count). The number of para-hydroxylation sites is 3. The van der Waals surface area contributed by atoms with Gasteiger partial charge in [0.1, 0.15) is 0 Å². The van der Waals surface area contributed by atoms with Crippen molar-refractivity contribution in [3.05, 3.63) is 282 Å². The number of fused-ring (bicyclic) bond motifs is 11. The van der Waals surface area contributed by atoms with Crippen LogP contribution in [0.5, 0.6) is 0 Å². The van der Waals surface area contributed by atoms with Crippen molar-refractivity contribution < 1.29 is 0 Å². The molecule has 0 saturated heterocycles. The molecule has 0 unspecified atom stereocenters. The average Bonchev–Trinajstić information content (AvgIpc) is 1.62. The molecule has 526 valence electrons. The van der Waals surface area contributed by atoms with Crippen LogP contribution in [0.3, 0.4) is 0 Å². The maximum absolute atomic E-state index is 2.71. The Labute approximate surface area is 625 Å². The summed E-state index contributed by atoms with van der Waals surface area (Å²) in [7, 11) is 0. The van der Waals surface area contributed by atoms with E-state index in [2.05, 4.69) is 407 Å². The largest absolute Gasteiger partial charge is 0.311 e. The second kappa shape index (κ2) is 24.2. The van der Waals surface area contributed by atoms with E-state index in [-0.39, 0.29) is 44.6 Å². The van der Waals surface area contributed by atoms with E-state index >= 15 is 0 Å². The second-order valence-electron chi connectivity index (χ2n) is 37.6. The summed E-state index contributed by atoms with van der Waals surface area (Å²) >= 11 is 0. The first kappa shape index (κ1) is 69.3. The van der Waals surface area contributed by atoms with Crippen molar-refractivity contribution in [3.8, 4) is 44.8 Å². The third-order valence-corrected chi connectivity index (χ3v) is 23.0. The number of rotatable bonds is 7. The molecule has 5 heteroatoms. The molecule has 4 heterocycles. The van der Waals surface area contributed by atoms with E-state index in [0.717, 1.165) is 28.4 Å². The molecule has 0 fully saturated rings. The summed E-state index contributed by atoms with van der Waals surface area (Å²) < 4.78 is 5.06. The van der Waals surface area contributed by atoms with Crippen LogP contribution < -0.4 is 26.2 Å². The quantitative estimate of drug-likeness (QED) is 0.148. The Hall–Kier alpha value is -10.1. The second-order valence-corrected chi connectivity index (χ2v) is 37.6. The Kier molecular flexibility index (Phi) is 16.0. The predicted octanol–water partition coefficient (Wildman–Crippen LogP) is 26.0. The standard InChI is InChI=1S/C100H103BN4/c1-94(2,3)66-40-35-62(36-41-66)78-57-68(96(7,8)9)44-50-84(78)104-87-55-64(65-53-70(98(13,14)15)56-71(54-65)99(16,17)18)39-48-80(87)101-81-49-46-74(103-82-33-27-25-31-75(82)76-47-52-86-91(93(76)103)77-32-26-28-34-83(77)102(86)73-29-23-22-24-30-73)61-88(81)105(90-60-72(100(19,20)21)59-89(104)92(90)101)85-51-45-69(97(10,11)12)58-79(85)63-37-42-67(43-38-63)95(4,5)6/h22-61H,1-21H3. The lowest BCUT2D eigenvalue weighted by Crippen LogP contribution is -2.61. The summed E-state index contributed by atoms with van der Waals surface area (Å²) in [5.74, 6) is 0. The lowest BCUT2D eigenvalue weighted by atomic mass is 9.33. The fraction of sp³-hybridized carbons (Fsp3) is 0.280. The number of anilines is 6. The first-order valence-electron chi connectivity index (χ1n) is 38.3. The van der Waals surface area contributed by atoms with Gasteiger partial charge in [0, 0.05) is 66.8 Å². The Morgan fingerprint density at radius 1 is 0.238 bits per heavy atom. The van der Waals surface area contributed by atoms with E-state index in [1.54, 1.807) is 0 Å². The van der Waals surface area contributed by atoms with Crippen molar-refractivity contribution in [1.29, 1.82) is 0 Å². The fourth-order valence-corrected chi connectivity index (χ4v) is 16.7. The smallest absolute Gasteiger partial charge is 0.252 e. The number of hydrogen-bond donors (Lipinski definition) is 0. The summed E-state index contributed by atoms with van der Waals surface area (Å²) in [5.41, 5.74) is 33.5. The highest BCUT2D eigenvalue weighted by molar-refractivity contribution is 7.00. The molecular formula is C100H103BN4. The molecule has 105 heavy (non-hydrogen) atoms. The molecule has 0 radical (unpaired) electrons. The number of nitrogens with zero attached hydrogens (tertiary/aromatic N) is 4. The molecule has 2 aliphatic rings. The topological polar surface area (TPSA) is 16.3 Å². The molecule has 12 aromatic carbocycles. The van der Waals surface area contributed by atoms with Crippen LogP contribution in [0.4, 0.5) is 34.1 Å². The van der Waals surface area contributed by atoms with Crippen LogP contribution in [-0.4, -0.2) is 15.8 Å². The summed E-state index contributed by atoms with van der Waals surface area (Å²) in [6.07, 6.45) is 0. The molecule has 0 bridgehead atoms. The molecule has 0 spiro atoms. The van der Waals surface area contributed by atoms with Crippen LogP contribution >= 0.6 is 0 Å². The van der Waals surface area contributed by atoms with Crippen LogP contribution in [-0.2, 0) is 37.9 Å². The number of benzene rings is 12. The monoisotopic (exact) mass is 1370 g/mol. The van der Waals surface area contributed by atoms with Gasteiger partial charge in [-0.05, 0) is 200 Å². The van der Waals surface area contributed by atoms with E-state index in [1.165, 1.54) is 149 Å². The first-order valence-corrected chi connectivity index (χ1v) is 38.3. The Balaban J connectivity index is 1.06. The van der Waals surface area contributed by atoms with E-state index in [0.29, 0.717) is 0 Å². The summed E-state index contributed by atoms with van der Waals surface area (Å²) in [5, 5.41) is 4.92. The minimum atomic E-state index is -0.282. The van der Waals surface area contributed by atoms with Crippen molar-refractivity contribution in [2.75, 3.05) is 9.80 Å². The van der Waals surface area contributed by atoms with Gasteiger partial charge in [-0.3, -0.25) is 0 Å². The van der Waals surface area contributed by atoms with Crippen molar-refractivity contribution in [2.45, 2.75) is 183 Å². The lowest BCUT2D eigenvalue weighted by molar-refractivity contribution is 0.569. The highest BCUT2D eigenvalue weighted by atomic mass is 15.2. The highest BCUT2D eigenvalue weighted by Gasteiger charge is 2.46. The van der Waals surface area contributed by atoms with Gasteiger partial charge in [0.15, 0.2) is 0 Å². The summed E-state index contributed by atoms with van der Waals surface area (Å²) in [6, 6.07) is 95.2. The number of hydrogen-bond acceptors (Lipinski definition) is 2. The fourth-order valence-electron chi connectivity index (χ4n) is 16.7. The van der Waals surface area contributed by atoms with E-state index < -0.39 is 0 Å². The lowest BCUT2D eigenvalue weighted by Gasteiger charge is -2.46. The van der Waals surface area contributed by atoms with Gasteiger partial charge in [-0.2, -0.15) is 0 Å². The van der Waals surface area contributed by atoms with Crippen LogP contribution in [0.1, 0.15) is 184 Å². The molecule has 4 nitrogen and oxygen atoms in total. The van der Waals surface area contributed by atoms with Gasteiger partial charge < -0.3 is 18.9 Å². The molecule has 2 aromatic heterocycles. The van der Waals surface area contributed by atoms with Gasteiger partial charge in [0.2, 0.25) is 0 Å². The van der Waals surface area contributed by atoms with Crippen LogP contribution in [0.2, 0.25) is 0 Å². The minimum absolute atomic E-state index is 0.0125. The predicted molar refractivity (Wildman–Crippen MR) is 456 cm³/mol. The van der Waals surface area contributed by atoms with E-state index in [1.807, 2.05) is 0 Å². The average molecular weight is 1370 g/mol. The zero-order valence-electron chi connectivity index (χ0n) is 66.0.